The number of amides is 2. The van der Waals surface area contributed by atoms with Gasteiger partial charge in [-0.3, -0.25) is 9.59 Å². The zero-order valence-electron chi connectivity index (χ0n) is 16.4. The van der Waals surface area contributed by atoms with Crippen LogP contribution in [0, 0.1) is 5.82 Å². The largest absolute Gasteiger partial charge is 0.326 e. The van der Waals surface area contributed by atoms with Crippen molar-refractivity contribution < 1.29 is 14.0 Å². The van der Waals surface area contributed by atoms with E-state index in [4.69, 9.17) is 0 Å². The molecular formula is C22H17FN4O2S2. The summed E-state index contributed by atoms with van der Waals surface area (Å²) in [5.74, 6) is -0.417. The standard InChI is InChI=1S/C22H17FN4O2S2/c1-13(28)26-16-6-8-17(9-7-16)27-20(29)11-30-22-21-18(24-12-25-22)10-19(31-21)14-2-4-15(23)5-3-14/h2-10,12H,11H2,1H3,(H,26,28)(H,27,29). The number of hydrogen-bond donors (Lipinski definition) is 2. The Morgan fingerprint density at radius 3 is 2.35 bits per heavy atom. The van der Waals surface area contributed by atoms with Gasteiger partial charge in [0.2, 0.25) is 11.8 Å². The molecule has 0 radical (unpaired) electrons. The highest BCUT2D eigenvalue weighted by molar-refractivity contribution is 8.00. The molecule has 4 rings (SSSR count). The Bertz CT molecular complexity index is 1240. The van der Waals surface area contributed by atoms with Gasteiger partial charge in [-0.1, -0.05) is 23.9 Å². The zero-order valence-corrected chi connectivity index (χ0v) is 18.0. The number of fused-ring (bicyclic) bond motifs is 1. The predicted octanol–water partition coefficient (Wildman–Crippen LogP) is 5.19. The summed E-state index contributed by atoms with van der Waals surface area (Å²) in [6, 6.07) is 15.1. The third-order valence-electron chi connectivity index (χ3n) is 4.24. The van der Waals surface area contributed by atoms with Gasteiger partial charge in [0, 0.05) is 23.2 Å². The van der Waals surface area contributed by atoms with Crippen LogP contribution < -0.4 is 10.6 Å². The Balaban J connectivity index is 1.43. The van der Waals surface area contributed by atoms with Crippen LogP contribution in [-0.2, 0) is 9.59 Å². The normalized spacial score (nSPS) is 10.8. The molecule has 0 aliphatic heterocycles. The fourth-order valence-electron chi connectivity index (χ4n) is 2.86. The van der Waals surface area contributed by atoms with Gasteiger partial charge in [-0.15, -0.1) is 11.3 Å². The van der Waals surface area contributed by atoms with Crippen LogP contribution in [0.3, 0.4) is 0 Å². The molecule has 2 heterocycles. The van der Waals surface area contributed by atoms with Crippen LogP contribution in [0.5, 0.6) is 0 Å². The van der Waals surface area contributed by atoms with E-state index < -0.39 is 0 Å². The maximum Gasteiger partial charge on any atom is 0.234 e. The first-order chi connectivity index (χ1) is 15.0. The first-order valence-corrected chi connectivity index (χ1v) is 11.1. The maximum atomic E-state index is 13.2. The molecule has 0 unspecified atom stereocenters. The van der Waals surface area contributed by atoms with Gasteiger partial charge in [-0.2, -0.15) is 0 Å². The number of carbonyl (C=O) groups is 2. The number of thioether (sulfide) groups is 1. The molecule has 0 saturated heterocycles. The summed E-state index contributed by atoms with van der Waals surface area (Å²) in [5, 5.41) is 6.23. The lowest BCUT2D eigenvalue weighted by molar-refractivity contribution is -0.114. The highest BCUT2D eigenvalue weighted by atomic mass is 32.2. The molecule has 0 fully saturated rings. The predicted molar refractivity (Wildman–Crippen MR) is 123 cm³/mol. The molecule has 31 heavy (non-hydrogen) atoms. The summed E-state index contributed by atoms with van der Waals surface area (Å²) in [7, 11) is 0. The Hall–Kier alpha value is -3.30. The Kier molecular flexibility index (Phi) is 6.24. The Labute approximate surface area is 185 Å². The van der Waals surface area contributed by atoms with Crippen LogP contribution in [0.25, 0.3) is 20.7 Å². The van der Waals surface area contributed by atoms with E-state index >= 15 is 0 Å². The molecule has 2 aromatic heterocycles. The number of nitrogens with zero attached hydrogens (tertiary/aromatic N) is 2. The number of hydrogen-bond acceptors (Lipinski definition) is 6. The van der Waals surface area contributed by atoms with E-state index in [9.17, 15) is 14.0 Å². The van der Waals surface area contributed by atoms with E-state index in [2.05, 4.69) is 20.6 Å². The summed E-state index contributed by atoms with van der Waals surface area (Å²) in [4.78, 5) is 33.0. The van der Waals surface area contributed by atoms with Crippen molar-refractivity contribution >= 4 is 56.5 Å². The summed E-state index contributed by atoms with van der Waals surface area (Å²) >= 11 is 2.84. The van der Waals surface area contributed by atoms with Crippen molar-refractivity contribution in [2.24, 2.45) is 0 Å². The van der Waals surface area contributed by atoms with Crippen molar-refractivity contribution in [3.8, 4) is 10.4 Å². The lowest BCUT2D eigenvalue weighted by atomic mass is 10.2. The first kappa shape index (κ1) is 21.0. The van der Waals surface area contributed by atoms with Crippen molar-refractivity contribution in [2.75, 3.05) is 16.4 Å². The number of nitrogens with one attached hydrogen (secondary N) is 2. The average Bonchev–Trinajstić information content (AvgIpc) is 3.19. The molecule has 0 spiro atoms. The second kappa shape index (κ2) is 9.23. The molecule has 0 saturated carbocycles. The van der Waals surface area contributed by atoms with Gasteiger partial charge in [-0.25, -0.2) is 14.4 Å². The second-order valence-electron chi connectivity index (χ2n) is 6.61. The SMILES string of the molecule is CC(=O)Nc1ccc(NC(=O)CSc2ncnc3cc(-c4ccc(F)cc4)sc23)cc1. The summed E-state index contributed by atoms with van der Waals surface area (Å²) in [6.45, 7) is 1.44. The van der Waals surface area contributed by atoms with E-state index in [0.717, 1.165) is 25.7 Å². The van der Waals surface area contributed by atoms with Crippen LogP contribution in [0.2, 0.25) is 0 Å². The van der Waals surface area contributed by atoms with Gasteiger partial charge < -0.3 is 10.6 Å². The maximum absolute atomic E-state index is 13.2. The van der Waals surface area contributed by atoms with Gasteiger partial charge in [-0.05, 0) is 48.0 Å². The van der Waals surface area contributed by atoms with Gasteiger partial charge in [0.25, 0.3) is 0 Å². The van der Waals surface area contributed by atoms with Crippen molar-refractivity contribution in [1.29, 1.82) is 0 Å². The number of carbonyl (C=O) groups excluding carboxylic acids is 2. The minimum Gasteiger partial charge on any atom is -0.326 e. The van der Waals surface area contributed by atoms with Gasteiger partial charge in [0.05, 0.1) is 16.0 Å². The van der Waals surface area contributed by atoms with Crippen molar-refractivity contribution in [2.45, 2.75) is 11.9 Å². The number of thiophene rings is 1. The van der Waals surface area contributed by atoms with Crippen molar-refractivity contribution in [1.82, 2.24) is 9.97 Å². The van der Waals surface area contributed by atoms with Crippen LogP contribution in [0.15, 0.2) is 66.0 Å². The minimum absolute atomic E-state index is 0.152. The number of rotatable bonds is 6. The molecule has 156 valence electrons. The lowest BCUT2D eigenvalue weighted by Gasteiger charge is -2.07. The smallest absolute Gasteiger partial charge is 0.234 e. The van der Waals surface area contributed by atoms with Gasteiger partial charge >= 0.3 is 0 Å². The molecule has 0 aliphatic carbocycles. The lowest BCUT2D eigenvalue weighted by Crippen LogP contribution is -2.14. The molecule has 6 nitrogen and oxygen atoms in total. The molecule has 0 bridgehead atoms. The van der Waals surface area contributed by atoms with E-state index in [1.54, 1.807) is 36.4 Å². The van der Waals surface area contributed by atoms with Crippen LogP contribution in [-0.4, -0.2) is 27.5 Å². The average molecular weight is 453 g/mol. The van der Waals surface area contributed by atoms with E-state index in [0.29, 0.717) is 11.4 Å². The number of anilines is 2. The molecule has 0 aliphatic rings. The summed E-state index contributed by atoms with van der Waals surface area (Å²) in [6.07, 6.45) is 1.48. The molecule has 9 heteroatoms. The fourth-order valence-corrected chi connectivity index (χ4v) is 4.86. The fraction of sp³-hybridized carbons (Fsp3) is 0.0909. The molecular weight excluding hydrogens is 435 g/mol. The number of aromatic nitrogens is 2. The van der Waals surface area contributed by atoms with Crippen molar-refractivity contribution in [3.63, 3.8) is 0 Å². The van der Waals surface area contributed by atoms with E-state index in [1.807, 2.05) is 6.07 Å². The summed E-state index contributed by atoms with van der Waals surface area (Å²) < 4.78 is 14.1. The number of halogens is 1. The van der Waals surface area contributed by atoms with Crippen molar-refractivity contribution in [3.05, 3.63) is 66.7 Å². The van der Waals surface area contributed by atoms with E-state index in [-0.39, 0.29) is 23.4 Å². The third-order valence-corrected chi connectivity index (χ3v) is 6.54. The van der Waals surface area contributed by atoms with Crippen LogP contribution in [0.4, 0.5) is 15.8 Å². The minimum atomic E-state index is -0.281. The van der Waals surface area contributed by atoms with Gasteiger partial charge in [0.1, 0.15) is 17.2 Å². The highest BCUT2D eigenvalue weighted by Gasteiger charge is 2.13. The molecule has 4 aromatic rings. The molecule has 0 atom stereocenters. The van der Waals surface area contributed by atoms with E-state index in [1.165, 1.54) is 48.5 Å². The number of benzene rings is 2. The topological polar surface area (TPSA) is 84.0 Å². The first-order valence-electron chi connectivity index (χ1n) is 9.29. The Morgan fingerprint density at radius 1 is 1.00 bits per heavy atom. The van der Waals surface area contributed by atoms with Gasteiger partial charge in [0.15, 0.2) is 0 Å². The quantitative estimate of drug-likeness (QED) is 0.311. The molecule has 2 N–H and O–H groups in total. The monoisotopic (exact) mass is 452 g/mol. The summed E-state index contributed by atoms with van der Waals surface area (Å²) in [5.41, 5.74) is 3.00. The molecule has 2 amide bonds. The zero-order chi connectivity index (χ0) is 21.8. The molecule has 2 aromatic carbocycles. The second-order valence-corrected chi connectivity index (χ2v) is 8.62. The third kappa shape index (κ3) is 5.25. The van der Waals surface area contributed by atoms with Crippen LogP contribution >= 0.6 is 23.1 Å². The van der Waals surface area contributed by atoms with Crippen LogP contribution in [0.1, 0.15) is 6.92 Å². The highest BCUT2D eigenvalue weighted by Crippen LogP contribution is 2.36. The Morgan fingerprint density at radius 2 is 1.68 bits per heavy atom.